The van der Waals surface area contributed by atoms with Crippen molar-refractivity contribution in [2.75, 3.05) is 11.1 Å². The Balaban J connectivity index is 2.09. The molecule has 0 radical (unpaired) electrons. The number of anilines is 3. The summed E-state index contributed by atoms with van der Waals surface area (Å²) < 4.78 is 0.952. The van der Waals surface area contributed by atoms with E-state index in [0.717, 1.165) is 38.9 Å². The topological polar surface area (TPSA) is 76.7 Å². The van der Waals surface area contributed by atoms with Crippen molar-refractivity contribution in [1.29, 1.82) is 0 Å². The number of pyridine rings is 1. The molecule has 0 unspecified atom stereocenters. The molecule has 21 heavy (non-hydrogen) atoms. The second-order valence-corrected chi connectivity index (χ2v) is 5.51. The van der Waals surface area contributed by atoms with E-state index in [2.05, 4.69) is 36.2 Å². The summed E-state index contributed by atoms with van der Waals surface area (Å²) in [5.41, 5.74) is 8.60. The molecule has 3 aromatic rings. The van der Waals surface area contributed by atoms with E-state index in [1.807, 2.05) is 31.2 Å². The van der Waals surface area contributed by atoms with Gasteiger partial charge in [-0.3, -0.25) is 4.98 Å². The molecule has 0 saturated heterocycles. The zero-order valence-corrected chi connectivity index (χ0v) is 13.1. The minimum Gasteiger partial charge on any atom is -0.383 e. The van der Waals surface area contributed by atoms with Crippen LogP contribution in [0.4, 0.5) is 17.3 Å². The third-order valence-corrected chi connectivity index (χ3v) is 3.70. The fraction of sp³-hybridized carbons (Fsp3) is 0.133. The molecule has 2 aromatic heterocycles. The summed E-state index contributed by atoms with van der Waals surface area (Å²) in [5, 5.41) is 4.37. The predicted octanol–water partition coefficient (Wildman–Crippen LogP) is 3.68. The van der Waals surface area contributed by atoms with Gasteiger partial charge in [-0.15, -0.1) is 0 Å². The largest absolute Gasteiger partial charge is 0.383 e. The highest BCUT2D eigenvalue weighted by Crippen LogP contribution is 2.28. The number of fused-ring (bicyclic) bond motifs is 1. The fourth-order valence-electron chi connectivity index (χ4n) is 2.24. The van der Waals surface area contributed by atoms with Crippen LogP contribution in [0, 0.1) is 0 Å². The maximum absolute atomic E-state index is 5.91. The molecule has 0 amide bonds. The molecular formula is C15H14BrN5. The average Bonchev–Trinajstić information content (AvgIpc) is 2.47. The van der Waals surface area contributed by atoms with Crippen LogP contribution in [-0.2, 0) is 6.42 Å². The molecule has 6 heteroatoms. The smallest absolute Gasteiger partial charge is 0.139 e. The highest BCUT2D eigenvalue weighted by atomic mass is 79.9. The van der Waals surface area contributed by atoms with Crippen LogP contribution in [0.1, 0.15) is 12.5 Å². The molecule has 0 aliphatic carbocycles. The summed E-state index contributed by atoms with van der Waals surface area (Å²) in [6.45, 7) is 2.03. The van der Waals surface area contributed by atoms with Crippen LogP contribution in [0.15, 0.2) is 41.3 Å². The Morgan fingerprint density at radius 3 is 2.90 bits per heavy atom. The quantitative estimate of drug-likeness (QED) is 0.758. The Bertz CT molecular complexity index is 803. The third kappa shape index (κ3) is 2.67. The number of rotatable bonds is 3. The molecule has 0 aliphatic heterocycles. The van der Waals surface area contributed by atoms with E-state index in [0.29, 0.717) is 5.82 Å². The Morgan fingerprint density at radius 1 is 1.24 bits per heavy atom. The molecule has 0 bridgehead atoms. The van der Waals surface area contributed by atoms with E-state index in [1.165, 1.54) is 6.33 Å². The Hall–Kier alpha value is -2.21. The SMILES string of the molecule is CCc1c(N)ncnc1Nc1cccc2cc(Br)cnc12. The van der Waals surface area contributed by atoms with E-state index in [4.69, 9.17) is 5.73 Å². The van der Waals surface area contributed by atoms with Crippen molar-refractivity contribution in [3.05, 3.63) is 46.8 Å². The lowest BCUT2D eigenvalue weighted by atomic mass is 10.1. The molecule has 5 nitrogen and oxygen atoms in total. The second-order valence-electron chi connectivity index (χ2n) is 4.60. The van der Waals surface area contributed by atoms with Gasteiger partial charge in [-0.2, -0.15) is 0 Å². The molecule has 0 spiro atoms. The van der Waals surface area contributed by atoms with Crippen molar-refractivity contribution in [3.63, 3.8) is 0 Å². The molecule has 1 aromatic carbocycles. The van der Waals surface area contributed by atoms with Crippen LogP contribution in [0.3, 0.4) is 0 Å². The number of nitrogens with one attached hydrogen (secondary N) is 1. The van der Waals surface area contributed by atoms with E-state index in [9.17, 15) is 0 Å². The van der Waals surface area contributed by atoms with Gasteiger partial charge in [-0.05, 0) is 34.5 Å². The molecule has 106 valence electrons. The minimum absolute atomic E-state index is 0.506. The van der Waals surface area contributed by atoms with Gasteiger partial charge in [0, 0.05) is 21.6 Å². The summed E-state index contributed by atoms with van der Waals surface area (Å²) in [6, 6.07) is 8.01. The van der Waals surface area contributed by atoms with Crippen molar-refractivity contribution in [2.24, 2.45) is 0 Å². The number of nitrogen functional groups attached to an aromatic ring is 1. The van der Waals surface area contributed by atoms with Crippen molar-refractivity contribution < 1.29 is 0 Å². The van der Waals surface area contributed by atoms with Gasteiger partial charge in [0.15, 0.2) is 0 Å². The molecule has 3 rings (SSSR count). The van der Waals surface area contributed by atoms with Gasteiger partial charge in [-0.25, -0.2) is 9.97 Å². The van der Waals surface area contributed by atoms with Crippen LogP contribution >= 0.6 is 15.9 Å². The monoisotopic (exact) mass is 343 g/mol. The fourth-order valence-corrected chi connectivity index (χ4v) is 2.59. The number of hydrogen-bond donors (Lipinski definition) is 2. The molecule has 0 fully saturated rings. The summed E-state index contributed by atoms with van der Waals surface area (Å²) in [6.07, 6.45) is 4.01. The van der Waals surface area contributed by atoms with Gasteiger partial charge in [0.05, 0.1) is 11.2 Å². The van der Waals surface area contributed by atoms with Crippen LogP contribution in [0.2, 0.25) is 0 Å². The highest BCUT2D eigenvalue weighted by Gasteiger charge is 2.09. The van der Waals surface area contributed by atoms with Gasteiger partial charge >= 0.3 is 0 Å². The molecule has 0 saturated carbocycles. The average molecular weight is 344 g/mol. The lowest BCUT2D eigenvalue weighted by Crippen LogP contribution is -2.04. The van der Waals surface area contributed by atoms with E-state index in [1.54, 1.807) is 6.20 Å². The molecule has 2 heterocycles. The van der Waals surface area contributed by atoms with E-state index in [-0.39, 0.29) is 0 Å². The van der Waals surface area contributed by atoms with Gasteiger partial charge in [0.2, 0.25) is 0 Å². The Morgan fingerprint density at radius 2 is 2.10 bits per heavy atom. The first-order valence-corrected chi connectivity index (χ1v) is 7.39. The summed E-state index contributed by atoms with van der Waals surface area (Å²) in [5.74, 6) is 1.23. The minimum atomic E-state index is 0.506. The number of nitrogens with zero attached hydrogens (tertiary/aromatic N) is 3. The number of halogens is 1. The lowest BCUT2D eigenvalue weighted by Gasteiger charge is -2.12. The summed E-state index contributed by atoms with van der Waals surface area (Å²) in [4.78, 5) is 12.8. The lowest BCUT2D eigenvalue weighted by molar-refractivity contribution is 1.06. The number of hydrogen-bond acceptors (Lipinski definition) is 5. The molecule has 3 N–H and O–H groups in total. The first kappa shape index (κ1) is 13.8. The maximum Gasteiger partial charge on any atom is 0.139 e. The van der Waals surface area contributed by atoms with Gasteiger partial charge in [0.1, 0.15) is 18.0 Å². The molecule has 0 aliphatic rings. The Labute approximate surface area is 130 Å². The number of nitrogens with two attached hydrogens (primary N) is 1. The molecular weight excluding hydrogens is 330 g/mol. The number of para-hydroxylation sites is 1. The zero-order valence-electron chi connectivity index (χ0n) is 11.5. The van der Waals surface area contributed by atoms with Crippen LogP contribution in [-0.4, -0.2) is 15.0 Å². The number of aromatic nitrogens is 3. The van der Waals surface area contributed by atoms with Crippen LogP contribution < -0.4 is 11.1 Å². The molecule has 0 atom stereocenters. The third-order valence-electron chi connectivity index (χ3n) is 3.26. The van der Waals surface area contributed by atoms with Gasteiger partial charge in [-0.1, -0.05) is 19.1 Å². The van der Waals surface area contributed by atoms with Crippen molar-refractivity contribution >= 4 is 44.2 Å². The van der Waals surface area contributed by atoms with Crippen LogP contribution in [0.25, 0.3) is 10.9 Å². The summed E-state index contributed by atoms with van der Waals surface area (Å²) in [7, 11) is 0. The predicted molar refractivity (Wildman–Crippen MR) is 88.5 cm³/mol. The van der Waals surface area contributed by atoms with Crippen molar-refractivity contribution in [1.82, 2.24) is 15.0 Å². The number of benzene rings is 1. The highest BCUT2D eigenvalue weighted by molar-refractivity contribution is 9.10. The van der Waals surface area contributed by atoms with Gasteiger partial charge < -0.3 is 11.1 Å². The van der Waals surface area contributed by atoms with Gasteiger partial charge in [0.25, 0.3) is 0 Å². The Kier molecular flexibility index (Phi) is 3.70. The van der Waals surface area contributed by atoms with Crippen molar-refractivity contribution in [3.8, 4) is 0 Å². The summed E-state index contributed by atoms with van der Waals surface area (Å²) >= 11 is 3.44. The second kappa shape index (κ2) is 5.65. The standard InChI is InChI=1S/C15H14BrN5/c1-2-11-14(17)19-8-20-15(11)21-12-5-3-4-9-6-10(16)7-18-13(9)12/h3-8H,2H2,1H3,(H3,17,19,20,21). The zero-order chi connectivity index (χ0) is 14.8. The first-order valence-electron chi connectivity index (χ1n) is 6.59. The maximum atomic E-state index is 5.91. The van der Waals surface area contributed by atoms with E-state index < -0.39 is 0 Å². The van der Waals surface area contributed by atoms with Crippen molar-refractivity contribution in [2.45, 2.75) is 13.3 Å². The van der Waals surface area contributed by atoms with Crippen LogP contribution in [0.5, 0.6) is 0 Å². The normalized spacial score (nSPS) is 10.8. The van der Waals surface area contributed by atoms with E-state index >= 15 is 0 Å². The first-order chi connectivity index (χ1) is 10.2.